The highest BCUT2D eigenvalue weighted by molar-refractivity contribution is 8.15. The number of para-hydroxylation sites is 5. The monoisotopic (exact) mass is 1950 g/mol. The van der Waals surface area contributed by atoms with Crippen molar-refractivity contribution >= 4 is 151 Å². The zero-order valence-corrected chi connectivity index (χ0v) is 82.3. The van der Waals surface area contributed by atoms with E-state index in [1.807, 2.05) is 91.3 Å². The van der Waals surface area contributed by atoms with Gasteiger partial charge in [0.1, 0.15) is 0 Å². The second kappa shape index (κ2) is 39.4. The second-order valence-corrected chi connectivity index (χ2v) is 39.9. The van der Waals surface area contributed by atoms with Crippen LogP contribution in [0.15, 0.2) is 546 Å². The topological polar surface area (TPSA) is 107 Å². The van der Waals surface area contributed by atoms with Crippen molar-refractivity contribution in [3.63, 3.8) is 0 Å². The predicted molar refractivity (Wildman–Crippen MR) is 618 cm³/mol. The lowest BCUT2D eigenvalue weighted by Gasteiger charge is -2.29. The van der Waals surface area contributed by atoms with Crippen molar-refractivity contribution in [1.29, 1.82) is 0 Å². The van der Waals surface area contributed by atoms with Gasteiger partial charge in [0.15, 0.2) is 21.2 Å². The zero-order chi connectivity index (χ0) is 98.3. The molecule has 29 rings (SSSR count). The molecule has 10 heterocycles. The minimum absolute atomic E-state index is 0.00277. The summed E-state index contributed by atoms with van der Waals surface area (Å²) in [4.78, 5) is 48.3. The van der Waals surface area contributed by atoms with Gasteiger partial charge in [0.2, 0.25) is 5.78 Å². The summed E-state index contributed by atoms with van der Waals surface area (Å²) in [6, 6.07) is 166. The van der Waals surface area contributed by atoms with Gasteiger partial charge < -0.3 is 0 Å². The van der Waals surface area contributed by atoms with Crippen molar-refractivity contribution in [1.82, 2.24) is 24.3 Å². The van der Waals surface area contributed by atoms with Crippen LogP contribution in [0.1, 0.15) is 51.5 Å². The highest BCUT2D eigenvalue weighted by atomic mass is 32.2. The largest absolute Gasteiger partial charge is 0.288 e. The SMILES string of the molecule is C1=C(c2ccc(-c3cc4ccccc4c4ccccc34)cc2)N2C(=NC1c1ccccc1)Sc1ccccc12.C1=C(c2ccc(-c3cccc4ccccc34)cc2)N2C(=NC1c1ccccc1)Sc1ccccc12.[C-]#[N+]c1ccc(-c2ccc(C3=CC(c4ccccc4)N=C4Sc5ccccc5N34)cc2)c2ccccc12.c1ccc(-c2cc(-c3cc(-c4cccnc4)cc(-c4cccnc4)c3)n3c(n2)nc2ccccc23)cc1. The number of rotatable bonds is 13. The first-order valence-electron chi connectivity index (χ1n) is 49.5. The molecular weight excluding hydrogens is 1860 g/mol. The van der Waals surface area contributed by atoms with E-state index >= 15 is 0 Å². The molecule has 0 spiro atoms. The Bertz CT molecular complexity index is 9280. The maximum absolute atomic E-state index is 7.53. The van der Waals surface area contributed by atoms with Crippen LogP contribution in [0, 0.1) is 6.57 Å². The summed E-state index contributed by atoms with van der Waals surface area (Å²) < 4.78 is 2.15. The van der Waals surface area contributed by atoms with Crippen LogP contribution in [0.25, 0.3) is 160 Å². The molecule has 0 saturated carbocycles. The van der Waals surface area contributed by atoms with E-state index in [9.17, 15) is 0 Å². The van der Waals surface area contributed by atoms with Crippen LogP contribution in [0.4, 0.5) is 22.7 Å². The maximum Gasteiger partial charge on any atom is 0.235 e. The highest BCUT2D eigenvalue weighted by Gasteiger charge is 2.38. The molecule has 4 aromatic heterocycles. The average molecular weight is 1950 g/mol. The molecule has 0 amide bonds. The molecule has 148 heavy (non-hydrogen) atoms. The number of fused-ring (bicyclic) bond motifs is 17. The fourth-order valence-corrected chi connectivity index (χ4v) is 24.0. The first-order valence-corrected chi connectivity index (χ1v) is 51.9. The standard InChI is InChI=1S/C36H24N2S.C33H21N3S.C32H21N5.C32H22N2S/c1-2-10-25(11-3-1)32-23-34(38-33-16-8-9-17-35(33)39-36(38)37-32)26-20-18-24(19-21-26)31-22-27-12-4-5-13-28(27)29-14-6-7-15-30(29)31;1-34-28-20-19-25(26-11-5-6-12-27(26)28)22-15-17-24(18-16-22)31-21-29(23-9-3-2-4-10-23)35-33-36(31)30-13-7-8-14-32(30)37-33;1-2-8-22(9-3-1)29-19-31(37-30-13-5-4-12-28(30)35-32(37)36-29)27-17-25(23-10-6-14-33-20-23)16-26(18-27)24-11-7-15-34-21-24;1-2-10-24(11-3-1)28-21-30(34-29-15-6-7-16-31(29)35-32(34)33-28)25-19-17-23(18-20-25)27-14-8-12-22-9-4-5-13-26(22)27/h1-23,32H;2-21,29H;1-21H;1-21,28H. The number of thioether (sulfide) groups is 3. The molecule has 23 aromatic rings. The molecule has 0 N–H and O–H groups in total. The van der Waals surface area contributed by atoms with Crippen LogP contribution in [-0.2, 0) is 0 Å². The van der Waals surface area contributed by atoms with E-state index in [4.69, 9.17) is 31.5 Å². The van der Waals surface area contributed by atoms with E-state index in [-0.39, 0.29) is 18.1 Å². The molecule has 19 aromatic carbocycles. The van der Waals surface area contributed by atoms with Gasteiger partial charge in [-0.3, -0.25) is 29.1 Å². The maximum atomic E-state index is 7.53. The summed E-state index contributed by atoms with van der Waals surface area (Å²) in [6.45, 7) is 7.53. The smallest absolute Gasteiger partial charge is 0.235 e. The van der Waals surface area contributed by atoms with E-state index in [1.54, 1.807) is 47.7 Å². The molecule has 15 heteroatoms. The average Bonchev–Trinajstić information content (AvgIpc) is 1.57. The van der Waals surface area contributed by atoms with Crippen molar-refractivity contribution in [3.05, 3.63) is 561 Å². The Morgan fingerprint density at radius 1 is 0.257 bits per heavy atom. The number of pyridine rings is 2. The number of amidine groups is 3. The number of hydrogen-bond acceptors (Lipinski definition) is 13. The molecule has 12 nitrogen and oxygen atoms in total. The lowest BCUT2D eigenvalue weighted by molar-refractivity contribution is 0.899. The van der Waals surface area contributed by atoms with Crippen LogP contribution < -0.4 is 14.7 Å². The molecule has 0 saturated heterocycles. The van der Waals surface area contributed by atoms with Crippen molar-refractivity contribution in [2.45, 2.75) is 32.8 Å². The molecule has 698 valence electrons. The fraction of sp³-hybridized carbons (Fsp3) is 0.0226. The lowest BCUT2D eigenvalue weighted by Crippen LogP contribution is -2.27. The summed E-state index contributed by atoms with van der Waals surface area (Å²) in [6.07, 6.45) is 14.3. The first-order chi connectivity index (χ1) is 73.3. The van der Waals surface area contributed by atoms with E-state index in [1.165, 1.54) is 126 Å². The van der Waals surface area contributed by atoms with Gasteiger partial charge in [-0.1, -0.05) is 382 Å². The zero-order valence-electron chi connectivity index (χ0n) is 79.9. The molecule has 0 bridgehead atoms. The predicted octanol–water partition coefficient (Wildman–Crippen LogP) is 34.8. The van der Waals surface area contributed by atoms with Crippen LogP contribution >= 0.6 is 35.3 Å². The number of nitrogens with zero attached hydrogens (tertiary/aromatic N) is 12. The minimum Gasteiger partial charge on any atom is -0.288 e. The third-order valence-electron chi connectivity index (χ3n) is 28.0. The molecule has 0 fully saturated rings. The Labute approximate surface area is 869 Å². The Kier molecular flexibility index (Phi) is 23.8. The van der Waals surface area contributed by atoms with Crippen molar-refractivity contribution in [2.75, 3.05) is 14.7 Å². The Morgan fingerprint density at radius 2 is 0.642 bits per heavy atom. The minimum atomic E-state index is -0.0333. The molecule has 6 aliphatic heterocycles. The number of aliphatic imine (C=N–C) groups is 3. The summed E-state index contributed by atoms with van der Waals surface area (Å²) in [7, 11) is 0. The number of imidazole rings is 1. The molecule has 0 aliphatic carbocycles. The number of hydrogen-bond donors (Lipinski definition) is 0. The molecule has 3 atom stereocenters. The number of anilines is 3. The van der Waals surface area contributed by atoms with Crippen molar-refractivity contribution < 1.29 is 0 Å². The molecule has 6 aliphatic rings. The highest BCUT2D eigenvalue weighted by Crippen LogP contribution is 2.54. The van der Waals surface area contributed by atoms with Crippen LogP contribution in [-0.4, -0.2) is 39.8 Å². The van der Waals surface area contributed by atoms with Crippen molar-refractivity contribution in [2.24, 2.45) is 15.0 Å². The second-order valence-electron chi connectivity index (χ2n) is 36.8. The lowest BCUT2D eigenvalue weighted by atomic mass is 9.92. The van der Waals surface area contributed by atoms with Gasteiger partial charge in [0, 0.05) is 56.2 Å². The Balaban J connectivity index is 0.0000000999. The van der Waals surface area contributed by atoms with E-state index in [0.717, 1.165) is 104 Å². The Hall–Kier alpha value is -18.4. The van der Waals surface area contributed by atoms with Gasteiger partial charge in [0.25, 0.3) is 0 Å². The number of benzene rings is 19. The van der Waals surface area contributed by atoms with E-state index in [2.05, 4.69) is 446 Å². The normalized spacial score (nSPS) is 14.9. The summed E-state index contributed by atoms with van der Waals surface area (Å²) in [5, 5.41) is 12.9. The summed E-state index contributed by atoms with van der Waals surface area (Å²) in [5.74, 6) is 0.673. The van der Waals surface area contributed by atoms with E-state index < -0.39 is 0 Å². The first kappa shape index (κ1) is 89.6. The Morgan fingerprint density at radius 3 is 1.14 bits per heavy atom. The van der Waals surface area contributed by atoms with Gasteiger partial charge in [-0.25, -0.2) is 29.8 Å². The number of aromatic nitrogens is 5. The quantitative estimate of drug-likeness (QED) is 0.0818. The summed E-state index contributed by atoms with van der Waals surface area (Å²) >= 11 is 5.24. The van der Waals surface area contributed by atoms with Gasteiger partial charge >= 0.3 is 0 Å². The van der Waals surface area contributed by atoms with Crippen LogP contribution in [0.2, 0.25) is 0 Å². The van der Waals surface area contributed by atoms with Crippen molar-refractivity contribution in [3.8, 4) is 78.1 Å². The van der Waals surface area contributed by atoms with Gasteiger partial charge in [-0.15, -0.1) is 0 Å². The van der Waals surface area contributed by atoms with Gasteiger partial charge in [-0.05, 0) is 271 Å². The van der Waals surface area contributed by atoms with Crippen LogP contribution in [0.3, 0.4) is 0 Å². The third kappa shape index (κ3) is 17.2. The molecular formula is C133H88N12S3. The molecule has 3 unspecified atom stereocenters. The molecule has 0 radical (unpaired) electrons. The van der Waals surface area contributed by atoms with Crippen LogP contribution in [0.5, 0.6) is 0 Å². The fourth-order valence-electron chi connectivity index (χ4n) is 20.8. The van der Waals surface area contributed by atoms with Gasteiger partial charge in [-0.2, -0.15) is 0 Å². The van der Waals surface area contributed by atoms with E-state index in [0.29, 0.717) is 11.5 Å². The van der Waals surface area contributed by atoms with Gasteiger partial charge in [0.05, 0.1) is 81.3 Å². The summed E-state index contributed by atoms with van der Waals surface area (Å²) in [5.41, 5.74) is 32.4. The third-order valence-corrected chi connectivity index (χ3v) is 31.1.